The maximum atomic E-state index is 12.1. The van der Waals surface area contributed by atoms with Crippen molar-refractivity contribution in [2.75, 3.05) is 5.32 Å². The number of rotatable bonds is 6. The normalized spacial score (nSPS) is 10.6. The van der Waals surface area contributed by atoms with Crippen LogP contribution in [0.2, 0.25) is 10.0 Å². The van der Waals surface area contributed by atoms with Crippen molar-refractivity contribution in [3.8, 4) is 11.3 Å². The number of amides is 1. The molecule has 0 aliphatic carbocycles. The van der Waals surface area contributed by atoms with Crippen molar-refractivity contribution in [3.05, 3.63) is 75.3 Å². The Labute approximate surface area is 165 Å². The van der Waals surface area contributed by atoms with Gasteiger partial charge in [0.05, 0.1) is 15.7 Å². The Kier molecular flexibility index (Phi) is 6.21. The van der Waals surface area contributed by atoms with Crippen molar-refractivity contribution in [2.24, 2.45) is 0 Å². The molecular weight excluding hydrogens is 387 g/mol. The molecule has 0 unspecified atom stereocenters. The first-order valence-corrected chi connectivity index (χ1v) is 9.02. The molecular formula is C19H16Cl2N4O2. The second-order valence-corrected chi connectivity index (χ2v) is 6.61. The quantitative estimate of drug-likeness (QED) is 0.674. The summed E-state index contributed by atoms with van der Waals surface area (Å²) in [7, 11) is 0. The topological polar surface area (TPSA) is 76.9 Å². The summed E-state index contributed by atoms with van der Waals surface area (Å²) in [6, 6.07) is 11.7. The van der Waals surface area contributed by atoms with Gasteiger partial charge in [0, 0.05) is 42.7 Å². The zero-order chi connectivity index (χ0) is 19.2. The Hall–Kier alpha value is -2.70. The standard InChI is InChI=1S/C19H16Cl2N4O2/c20-15-4-3-14(12-16(15)21)23-18(26)2-1-11-25-19(27)6-5-17(24-25)13-7-9-22-10-8-13/h3-10,12H,1-2,11H2,(H,23,26). The molecule has 0 spiro atoms. The number of nitrogens with zero attached hydrogens (tertiary/aromatic N) is 3. The van der Waals surface area contributed by atoms with Crippen LogP contribution in [0.25, 0.3) is 11.3 Å². The molecule has 0 saturated carbocycles. The van der Waals surface area contributed by atoms with Gasteiger partial charge < -0.3 is 5.32 Å². The second-order valence-electron chi connectivity index (χ2n) is 5.80. The van der Waals surface area contributed by atoms with E-state index in [1.54, 1.807) is 36.7 Å². The molecule has 0 aliphatic rings. The van der Waals surface area contributed by atoms with E-state index in [4.69, 9.17) is 23.2 Å². The van der Waals surface area contributed by atoms with Crippen LogP contribution in [0.15, 0.2) is 59.7 Å². The van der Waals surface area contributed by atoms with E-state index >= 15 is 0 Å². The van der Waals surface area contributed by atoms with Crippen LogP contribution in [-0.2, 0) is 11.3 Å². The number of aryl methyl sites for hydroxylation is 1. The molecule has 6 nitrogen and oxygen atoms in total. The molecule has 0 fully saturated rings. The number of halogens is 2. The Bertz CT molecular complexity index is 1010. The highest BCUT2D eigenvalue weighted by molar-refractivity contribution is 6.42. The highest BCUT2D eigenvalue weighted by Gasteiger charge is 2.07. The molecule has 2 aromatic heterocycles. The van der Waals surface area contributed by atoms with Gasteiger partial charge in [0.25, 0.3) is 5.56 Å². The number of hydrogen-bond acceptors (Lipinski definition) is 4. The van der Waals surface area contributed by atoms with Crippen molar-refractivity contribution in [2.45, 2.75) is 19.4 Å². The summed E-state index contributed by atoms with van der Waals surface area (Å²) in [5, 5.41) is 7.91. The smallest absolute Gasteiger partial charge is 0.266 e. The number of carbonyl (C=O) groups is 1. The predicted octanol–water partition coefficient (Wildman–Crippen LogP) is 4.03. The van der Waals surface area contributed by atoms with E-state index in [1.807, 2.05) is 12.1 Å². The Morgan fingerprint density at radius 1 is 1.04 bits per heavy atom. The number of benzene rings is 1. The molecule has 138 valence electrons. The van der Waals surface area contributed by atoms with Gasteiger partial charge >= 0.3 is 0 Å². The minimum absolute atomic E-state index is 0.174. The van der Waals surface area contributed by atoms with Gasteiger partial charge in [0.2, 0.25) is 5.91 Å². The lowest BCUT2D eigenvalue weighted by Crippen LogP contribution is -2.23. The third-order valence-corrected chi connectivity index (χ3v) is 4.56. The number of hydrogen-bond donors (Lipinski definition) is 1. The van der Waals surface area contributed by atoms with Crippen LogP contribution in [0.4, 0.5) is 5.69 Å². The SMILES string of the molecule is O=C(CCCn1nc(-c2ccncc2)ccc1=O)Nc1ccc(Cl)c(Cl)c1. The van der Waals surface area contributed by atoms with Gasteiger partial charge in [-0.05, 0) is 42.8 Å². The molecule has 1 amide bonds. The molecule has 0 bridgehead atoms. The first-order valence-electron chi connectivity index (χ1n) is 8.26. The third kappa shape index (κ3) is 5.15. The Balaban J connectivity index is 1.59. The largest absolute Gasteiger partial charge is 0.326 e. The van der Waals surface area contributed by atoms with E-state index in [2.05, 4.69) is 15.4 Å². The zero-order valence-electron chi connectivity index (χ0n) is 14.2. The van der Waals surface area contributed by atoms with Crippen LogP contribution in [0.1, 0.15) is 12.8 Å². The molecule has 1 aromatic carbocycles. The molecule has 8 heteroatoms. The Morgan fingerprint density at radius 3 is 2.56 bits per heavy atom. The van der Waals surface area contributed by atoms with Crippen LogP contribution >= 0.6 is 23.2 Å². The van der Waals surface area contributed by atoms with Crippen molar-refractivity contribution in [1.82, 2.24) is 14.8 Å². The molecule has 27 heavy (non-hydrogen) atoms. The van der Waals surface area contributed by atoms with E-state index in [9.17, 15) is 9.59 Å². The average Bonchev–Trinajstić information content (AvgIpc) is 2.67. The first-order chi connectivity index (χ1) is 13.0. The monoisotopic (exact) mass is 402 g/mol. The fourth-order valence-corrected chi connectivity index (χ4v) is 2.77. The van der Waals surface area contributed by atoms with Crippen LogP contribution in [-0.4, -0.2) is 20.7 Å². The summed E-state index contributed by atoms with van der Waals surface area (Å²) in [5.41, 5.74) is 1.91. The molecule has 0 aliphatic heterocycles. The number of pyridine rings is 1. The summed E-state index contributed by atoms with van der Waals surface area (Å²) < 4.78 is 1.36. The molecule has 1 N–H and O–H groups in total. The lowest BCUT2D eigenvalue weighted by Gasteiger charge is -2.08. The summed E-state index contributed by atoms with van der Waals surface area (Å²) in [4.78, 5) is 28.0. The minimum atomic E-state index is -0.210. The van der Waals surface area contributed by atoms with E-state index < -0.39 is 0 Å². The number of anilines is 1. The maximum absolute atomic E-state index is 12.1. The minimum Gasteiger partial charge on any atom is -0.326 e. The maximum Gasteiger partial charge on any atom is 0.266 e. The number of carbonyl (C=O) groups excluding carboxylic acids is 1. The van der Waals surface area contributed by atoms with Gasteiger partial charge in [-0.3, -0.25) is 14.6 Å². The molecule has 3 aromatic rings. The van der Waals surface area contributed by atoms with Gasteiger partial charge in [-0.25, -0.2) is 4.68 Å². The van der Waals surface area contributed by atoms with E-state index in [-0.39, 0.29) is 17.9 Å². The van der Waals surface area contributed by atoms with E-state index in [1.165, 1.54) is 10.7 Å². The van der Waals surface area contributed by atoms with Crippen molar-refractivity contribution in [1.29, 1.82) is 0 Å². The van der Waals surface area contributed by atoms with Crippen LogP contribution in [0, 0.1) is 0 Å². The summed E-state index contributed by atoms with van der Waals surface area (Å²) in [6.45, 7) is 0.340. The van der Waals surface area contributed by atoms with Gasteiger partial charge in [0.1, 0.15) is 0 Å². The average molecular weight is 403 g/mol. The fourth-order valence-electron chi connectivity index (χ4n) is 2.47. The molecule has 3 rings (SSSR count). The lowest BCUT2D eigenvalue weighted by molar-refractivity contribution is -0.116. The fraction of sp³-hybridized carbons (Fsp3) is 0.158. The highest BCUT2D eigenvalue weighted by Crippen LogP contribution is 2.25. The van der Waals surface area contributed by atoms with Crippen molar-refractivity contribution in [3.63, 3.8) is 0 Å². The summed E-state index contributed by atoms with van der Waals surface area (Å²) in [6.07, 6.45) is 4.05. The number of nitrogens with one attached hydrogen (secondary N) is 1. The lowest BCUT2D eigenvalue weighted by atomic mass is 10.2. The van der Waals surface area contributed by atoms with E-state index in [0.29, 0.717) is 34.4 Å². The summed E-state index contributed by atoms with van der Waals surface area (Å²) in [5.74, 6) is -0.174. The van der Waals surface area contributed by atoms with E-state index in [0.717, 1.165) is 5.56 Å². The van der Waals surface area contributed by atoms with Gasteiger partial charge in [0.15, 0.2) is 0 Å². The summed E-state index contributed by atoms with van der Waals surface area (Å²) >= 11 is 11.8. The second kappa shape index (κ2) is 8.79. The zero-order valence-corrected chi connectivity index (χ0v) is 15.7. The molecule has 0 atom stereocenters. The molecule has 2 heterocycles. The van der Waals surface area contributed by atoms with Crippen molar-refractivity contribution < 1.29 is 4.79 Å². The van der Waals surface area contributed by atoms with Crippen LogP contribution < -0.4 is 10.9 Å². The van der Waals surface area contributed by atoms with Crippen LogP contribution in [0.5, 0.6) is 0 Å². The first kappa shape index (κ1) is 19.1. The molecule has 0 radical (unpaired) electrons. The van der Waals surface area contributed by atoms with Gasteiger partial charge in [-0.1, -0.05) is 23.2 Å². The van der Waals surface area contributed by atoms with Gasteiger partial charge in [-0.2, -0.15) is 5.10 Å². The predicted molar refractivity (Wildman–Crippen MR) is 106 cm³/mol. The van der Waals surface area contributed by atoms with Crippen LogP contribution in [0.3, 0.4) is 0 Å². The molecule has 0 saturated heterocycles. The highest BCUT2D eigenvalue weighted by atomic mass is 35.5. The van der Waals surface area contributed by atoms with Crippen molar-refractivity contribution >= 4 is 34.8 Å². The van der Waals surface area contributed by atoms with Gasteiger partial charge in [-0.15, -0.1) is 0 Å². The Morgan fingerprint density at radius 2 is 1.81 bits per heavy atom. The number of aromatic nitrogens is 3. The third-order valence-electron chi connectivity index (χ3n) is 3.82.